The standard InChI is InChI=1S/C8H7O2S/c1-2-11(9,10)8-6-4-3-5-7-8/h1-7H. The lowest BCUT2D eigenvalue weighted by Crippen LogP contribution is -1.93. The fourth-order valence-electron chi connectivity index (χ4n) is 0.689. The van der Waals surface area contributed by atoms with Gasteiger partial charge in [-0.1, -0.05) is 18.2 Å². The summed E-state index contributed by atoms with van der Waals surface area (Å²) in [6.45, 7) is 4.93. The number of benzene rings is 1. The summed E-state index contributed by atoms with van der Waals surface area (Å²) in [6, 6.07) is 8.04. The first kappa shape index (κ1) is 8.01. The van der Waals surface area contributed by atoms with Crippen molar-refractivity contribution < 1.29 is 8.42 Å². The quantitative estimate of drug-likeness (QED) is 0.667. The van der Waals surface area contributed by atoms with Gasteiger partial charge in [-0.3, -0.25) is 0 Å². The van der Waals surface area contributed by atoms with E-state index in [4.69, 9.17) is 6.58 Å². The average Bonchev–Trinajstić information content (AvgIpc) is 2.06. The molecule has 0 saturated heterocycles. The van der Waals surface area contributed by atoms with Crippen molar-refractivity contribution in [2.75, 3.05) is 0 Å². The van der Waals surface area contributed by atoms with Gasteiger partial charge in [-0.15, -0.1) is 0 Å². The molecule has 0 aliphatic heterocycles. The van der Waals surface area contributed by atoms with E-state index in [1.807, 2.05) is 0 Å². The highest BCUT2D eigenvalue weighted by atomic mass is 32.2. The minimum atomic E-state index is -3.35. The van der Waals surface area contributed by atoms with Gasteiger partial charge in [0.05, 0.1) is 4.90 Å². The molecule has 0 N–H and O–H groups in total. The zero-order valence-corrected chi connectivity index (χ0v) is 6.58. The van der Waals surface area contributed by atoms with Crippen LogP contribution in [-0.4, -0.2) is 8.42 Å². The van der Waals surface area contributed by atoms with Gasteiger partial charge >= 0.3 is 0 Å². The molecule has 0 fully saturated rings. The summed E-state index contributed by atoms with van der Waals surface area (Å²) in [5.74, 6) is 0. The number of rotatable bonds is 2. The Bertz CT molecular complexity index is 338. The molecule has 0 aromatic heterocycles. The highest BCUT2D eigenvalue weighted by Gasteiger charge is 2.06. The Morgan fingerprint density at radius 2 is 1.73 bits per heavy atom. The Balaban J connectivity index is 3.24. The van der Waals surface area contributed by atoms with Crippen molar-refractivity contribution in [3.05, 3.63) is 42.3 Å². The molecule has 2 nitrogen and oxygen atoms in total. The van der Waals surface area contributed by atoms with Crippen LogP contribution in [-0.2, 0) is 9.84 Å². The highest BCUT2D eigenvalue weighted by Crippen LogP contribution is 2.09. The van der Waals surface area contributed by atoms with Crippen molar-refractivity contribution in [3.8, 4) is 0 Å². The van der Waals surface area contributed by atoms with Crippen LogP contribution in [0.25, 0.3) is 0 Å². The van der Waals surface area contributed by atoms with E-state index in [0.29, 0.717) is 5.41 Å². The second-order valence-electron chi connectivity index (χ2n) is 1.99. The maximum atomic E-state index is 11.0. The topological polar surface area (TPSA) is 34.1 Å². The largest absolute Gasteiger partial charge is 0.219 e. The summed E-state index contributed by atoms with van der Waals surface area (Å²) in [5, 5.41) is 0.697. The van der Waals surface area contributed by atoms with Crippen LogP contribution in [0.3, 0.4) is 0 Å². The Kier molecular flexibility index (Phi) is 2.10. The molecule has 0 bridgehead atoms. The maximum absolute atomic E-state index is 11.0. The molecule has 3 heteroatoms. The molecule has 1 radical (unpaired) electrons. The maximum Gasteiger partial charge on any atom is 0.199 e. The predicted octanol–water partition coefficient (Wildman–Crippen LogP) is 1.41. The molecular formula is C8H7O2S. The van der Waals surface area contributed by atoms with E-state index in [-0.39, 0.29) is 4.90 Å². The second kappa shape index (κ2) is 2.88. The van der Waals surface area contributed by atoms with Crippen LogP contribution < -0.4 is 0 Å². The van der Waals surface area contributed by atoms with Crippen molar-refractivity contribution >= 4 is 9.84 Å². The van der Waals surface area contributed by atoms with Gasteiger partial charge in [0.1, 0.15) is 0 Å². The highest BCUT2D eigenvalue weighted by molar-refractivity contribution is 7.94. The van der Waals surface area contributed by atoms with Gasteiger partial charge in [0.15, 0.2) is 9.84 Å². The Morgan fingerprint density at radius 1 is 1.18 bits per heavy atom. The zero-order valence-electron chi connectivity index (χ0n) is 5.77. The molecule has 1 aromatic rings. The monoisotopic (exact) mass is 167 g/mol. The molecule has 0 heterocycles. The number of hydrogen-bond donors (Lipinski definition) is 0. The average molecular weight is 167 g/mol. The molecule has 0 unspecified atom stereocenters. The van der Waals surface area contributed by atoms with Crippen LogP contribution in [0, 0.1) is 6.58 Å². The third kappa shape index (κ3) is 1.68. The Labute approximate surface area is 66.1 Å². The summed E-state index contributed by atoms with van der Waals surface area (Å²) in [4.78, 5) is 0.225. The van der Waals surface area contributed by atoms with Crippen molar-refractivity contribution in [3.63, 3.8) is 0 Å². The molecule has 57 valence electrons. The van der Waals surface area contributed by atoms with E-state index in [9.17, 15) is 8.42 Å². The third-order valence-electron chi connectivity index (χ3n) is 1.25. The minimum absolute atomic E-state index is 0.225. The normalized spacial score (nSPS) is 10.9. The lowest BCUT2D eigenvalue weighted by molar-refractivity contribution is 0.604. The molecule has 0 saturated carbocycles. The molecule has 11 heavy (non-hydrogen) atoms. The third-order valence-corrected chi connectivity index (χ3v) is 2.54. The van der Waals surface area contributed by atoms with Gasteiger partial charge in [-0.2, -0.15) is 0 Å². The molecular weight excluding hydrogens is 160 g/mol. The Hall–Kier alpha value is -1.09. The fraction of sp³-hybridized carbons (Fsp3) is 0. The van der Waals surface area contributed by atoms with E-state index in [1.54, 1.807) is 18.2 Å². The fourth-order valence-corrected chi connectivity index (χ4v) is 1.38. The second-order valence-corrected chi connectivity index (χ2v) is 3.83. The number of sulfone groups is 1. The van der Waals surface area contributed by atoms with E-state index in [2.05, 4.69) is 0 Å². The molecule has 1 rings (SSSR count). The van der Waals surface area contributed by atoms with Crippen molar-refractivity contribution in [2.45, 2.75) is 4.90 Å². The van der Waals surface area contributed by atoms with Crippen molar-refractivity contribution in [1.82, 2.24) is 0 Å². The van der Waals surface area contributed by atoms with Gasteiger partial charge in [0.2, 0.25) is 0 Å². The van der Waals surface area contributed by atoms with Crippen LogP contribution in [0.2, 0.25) is 0 Å². The van der Waals surface area contributed by atoms with Crippen LogP contribution in [0.15, 0.2) is 40.6 Å². The molecule has 0 amide bonds. The van der Waals surface area contributed by atoms with Crippen LogP contribution in [0.5, 0.6) is 0 Å². The first-order valence-corrected chi connectivity index (χ1v) is 4.56. The molecule has 0 spiro atoms. The van der Waals surface area contributed by atoms with Gasteiger partial charge in [-0.05, 0) is 18.7 Å². The van der Waals surface area contributed by atoms with Gasteiger partial charge < -0.3 is 0 Å². The van der Waals surface area contributed by atoms with Crippen molar-refractivity contribution in [1.29, 1.82) is 0 Å². The summed E-state index contributed by atoms with van der Waals surface area (Å²) in [6.07, 6.45) is 0. The molecule has 0 atom stereocenters. The molecule has 1 aromatic carbocycles. The summed E-state index contributed by atoms with van der Waals surface area (Å²) < 4.78 is 22.0. The van der Waals surface area contributed by atoms with Gasteiger partial charge in [-0.25, -0.2) is 8.42 Å². The zero-order chi connectivity index (χ0) is 8.32. The molecule has 0 aliphatic rings. The lowest BCUT2D eigenvalue weighted by Gasteiger charge is -1.94. The Morgan fingerprint density at radius 3 is 2.18 bits per heavy atom. The summed E-state index contributed by atoms with van der Waals surface area (Å²) >= 11 is 0. The SMILES string of the molecule is [CH]=CS(=O)(=O)c1ccccc1. The predicted molar refractivity (Wildman–Crippen MR) is 42.5 cm³/mol. The van der Waals surface area contributed by atoms with Gasteiger partial charge in [0.25, 0.3) is 0 Å². The molecule has 0 aliphatic carbocycles. The van der Waals surface area contributed by atoms with E-state index < -0.39 is 9.84 Å². The van der Waals surface area contributed by atoms with Crippen LogP contribution in [0.4, 0.5) is 0 Å². The van der Waals surface area contributed by atoms with E-state index in [0.717, 1.165) is 0 Å². The van der Waals surface area contributed by atoms with E-state index >= 15 is 0 Å². The van der Waals surface area contributed by atoms with Crippen molar-refractivity contribution in [2.24, 2.45) is 0 Å². The van der Waals surface area contributed by atoms with E-state index in [1.165, 1.54) is 12.1 Å². The minimum Gasteiger partial charge on any atom is -0.219 e. The number of hydrogen-bond acceptors (Lipinski definition) is 2. The first-order valence-electron chi connectivity index (χ1n) is 3.02. The van der Waals surface area contributed by atoms with Gasteiger partial charge in [0, 0.05) is 5.41 Å². The van der Waals surface area contributed by atoms with Crippen LogP contribution >= 0.6 is 0 Å². The smallest absolute Gasteiger partial charge is 0.199 e. The summed E-state index contributed by atoms with van der Waals surface area (Å²) in [5.41, 5.74) is 0. The van der Waals surface area contributed by atoms with Crippen LogP contribution in [0.1, 0.15) is 0 Å². The summed E-state index contributed by atoms with van der Waals surface area (Å²) in [7, 11) is -3.35. The first-order chi connectivity index (χ1) is 5.17. The lowest BCUT2D eigenvalue weighted by atomic mass is 10.4.